The molecule has 0 radical (unpaired) electrons. The van der Waals surface area contributed by atoms with Crippen LogP contribution in [0.15, 0.2) is 59.7 Å². The first-order chi connectivity index (χ1) is 14.7. The Kier molecular flexibility index (Phi) is 5.27. The van der Waals surface area contributed by atoms with Gasteiger partial charge in [-0.3, -0.25) is 0 Å². The van der Waals surface area contributed by atoms with Crippen molar-refractivity contribution in [3.05, 3.63) is 81.7 Å². The molecule has 0 amide bonds. The van der Waals surface area contributed by atoms with Crippen molar-refractivity contribution in [2.45, 2.75) is 31.7 Å². The Morgan fingerprint density at radius 3 is 2.63 bits per heavy atom. The first-order valence-corrected chi connectivity index (χ1v) is 11.4. The van der Waals surface area contributed by atoms with Crippen molar-refractivity contribution in [2.75, 3.05) is 12.4 Å². The molecule has 0 bridgehead atoms. The molecule has 1 aliphatic heterocycles. The number of hydrogen-bond donors (Lipinski definition) is 1. The molecule has 1 atom stereocenters. The second kappa shape index (κ2) is 8.20. The van der Waals surface area contributed by atoms with Crippen LogP contribution < -0.4 is 10.1 Å². The van der Waals surface area contributed by atoms with Crippen molar-refractivity contribution in [3.63, 3.8) is 0 Å². The Morgan fingerprint density at radius 1 is 1.10 bits per heavy atom. The highest BCUT2D eigenvalue weighted by Gasteiger charge is 2.36. The van der Waals surface area contributed by atoms with E-state index in [4.69, 9.17) is 22.1 Å². The predicted octanol–water partition coefficient (Wildman–Crippen LogP) is 5.77. The zero-order valence-corrected chi connectivity index (χ0v) is 18.4. The molecule has 1 aromatic heterocycles. The zero-order valence-electron chi connectivity index (χ0n) is 16.8. The Hall–Kier alpha value is -2.70. The van der Waals surface area contributed by atoms with Gasteiger partial charge in [-0.05, 0) is 78.9 Å². The molecule has 0 saturated heterocycles. The summed E-state index contributed by atoms with van der Waals surface area (Å²) in [5.74, 6) is 0.832. The van der Waals surface area contributed by atoms with E-state index in [0.29, 0.717) is 5.11 Å². The number of nitrogens with one attached hydrogen (secondary N) is 1. The summed E-state index contributed by atoms with van der Waals surface area (Å²) < 4.78 is 5.25. The highest BCUT2D eigenvalue weighted by molar-refractivity contribution is 7.80. The molecule has 30 heavy (non-hydrogen) atoms. The lowest BCUT2D eigenvalue weighted by Gasteiger charge is -2.35. The maximum atomic E-state index is 5.76. The molecule has 0 spiro atoms. The van der Waals surface area contributed by atoms with Gasteiger partial charge in [-0.2, -0.15) is 5.10 Å². The molecule has 0 saturated carbocycles. The van der Waals surface area contributed by atoms with Gasteiger partial charge in [0, 0.05) is 10.4 Å². The van der Waals surface area contributed by atoms with Crippen LogP contribution >= 0.6 is 23.6 Å². The Labute approximate surface area is 186 Å². The molecule has 3 aromatic rings. The minimum atomic E-state index is -0.0115. The first-order valence-electron chi connectivity index (χ1n) is 10.2. The number of fused-ring (bicyclic) bond motifs is 3. The minimum Gasteiger partial charge on any atom is -0.497 e. The molecule has 2 aromatic carbocycles. The number of benzene rings is 2. The van der Waals surface area contributed by atoms with Crippen LogP contribution in [0.2, 0.25) is 0 Å². The third kappa shape index (κ3) is 3.50. The number of rotatable bonds is 4. The molecular formula is C24H23N3OS2. The largest absolute Gasteiger partial charge is 0.497 e. The number of nitrogens with zero attached hydrogens (tertiary/aromatic N) is 2. The van der Waals surface area contributed by atoms with E-state index >= 15 is 0 Å². The Morgan fingerprint density at radius 2 is 1.87 bits per heavy atom. The van der Waals surface area contributed by atoms with Gasteiger partial charge in [-0.25, -0.2) is 5.01 Å². The number of ether oxygens (including phenoxy) is 1. The molecule has 5 rings (SSSR count). The average Bonchev–Trinajstić information content (AvgIpc) is 3.16. The number of thiocarbonyl (C=S) groups is 1. The van der Waals surface area contributed by atoms with Crippen LogP contribution in [-0.4, -0.2) is 23.4 Å². The summed E-state index contributed by atoms with van der Waals surface area (Å²) in [6.45, 7) is 0. The SMILES string of the molecule is COc1ccc(/C=N/N2C(=S)Nc3sc4c(c3C2c2ccccc2)CCCC4)cc1. The fourth-order valence-electron chi connectivity index (χ4n) is 4.25. The molecule has 4 nitrogen and oxygen atoms in total. The monoisotopic (exact) mass is 433 g/mol. The molecular weight excluding hydrogens is 410 g/mol. The van der Waals surface area contributed by atoms with Gasteiger partial charge in [0.2, 0.25) is 0 Å². The molecule has 1 unspecified atom stereocenters. The lowest BCUT2D eigenvalue weighted by molar-refractivity contribution is 0.377. The molecule has 1 aliphatic carbocycles. The second-order valence-electron chi connectivity index (χ2n) is 7.56. The number of aryl methyl sites for hydroxylation is 1. The van der Waals surface area contributed by atoms with Crippen molar-refractivity contribution in [3.8, 4) is 5.75 Å². The topological polar surface area (TPSA) is 36.9 Å². The highest BCUT2D eigenvalue weighted by atomic mass is 32.1. The van der Waals surface area contributed by atoms with Gasteiger partial charge < -0.3 is 10.1 Å². The smallest absolute Gasteiger partial charge is 0.195 e. The average molecular weight is 434 g/mol. The highest BCUT2D eigenvalue weighted by Crippen LogP contribution is 2.48. The summed E-state index contributed by atoms with van der Waals surface area (Å²) in [5.41, 5.74) is 5.06. The van der Waals surface area contributed by atoms with Gasteiger partial charge in [0.25, 0.3) is 0 Å². The van der Waals surface area contributed by atoms with Crippen molar-refractivity contribution in [1.29, 1.82) is 0 Å². The summed E-state index contributed by atoms with van der Waals surface area (Å²) in [4.78, 5) is 1.50. The van der Waals surface area contributed by atoms with Gasteiger partial charge in [-0.15, -0.1) is 11.3 Å². The van der Waals surface area contributed by atoms with Crippen LogP contribution in [0.25, 0.3) is 0 Å². The number of hydrazone groups is 1. The fraction of sp³-hybridized carbons (Fsp3) is 0.250. The van der Waals surface area contributed by atoms with Gasteiger partial charge in [0.05, 0.1) is 13.3 Å². The van der Waals surface area contributed by atoms with E-state index in [2.05, 4.69) is 35.6 Å². The number of methoxy groups -OCH3 is 1. The van der Waals surface area contributed by atoms with Gasteiger partial charge >= 0.3 is 0 Å². The molecule has 0 fully saturated rings. The summed E-state index contributed by atoms with van der Waals surface area (Å²) in [7, 11) is 1.67. The summed E-state index contributed by atoms with van der Waals surface area (Å²) in [5, 5.41) is 12.1. The first kappa shape index (κ1) is 19.3. The lowest BCUT2D eigenvalue weighted by atomic mass is 9.89. The fourth-order valence-corrected chi connectivity index (χ4v) is 5.89. The van der Waals surface area contributed by atoms with E-state index in [-0.39, 0.29) is 6.04 Å². The third-order valence-electron chi connectivity index (χ3n) is 5.72. The predicted molar refractivity (Wildman–Crippen MR) is 128 cm³/mol. The number of anilines is 1. The zero-order chi connectivity index (χ0) is 20.5. The van der Waals surface area contributed by atoms with E-state index in [1.165, 1.54) is 39.4 Å². The van der Waals surface area contributed by atoms with Crippen LogP contribution in [0.5, 0.6) is 5.75 Å². The van der Waals surface area contributed by atoms with Crippen LogP contribution in [0, 0.1) is 0 Å². The van der Waals surface area contributed by atoms with Crippen molar-refractivity contribution in [2.24, 2.45) is 5.10 Å². The molecule has 2 heterocycles. The van der Waals surface area contributed by atoms with Gasteiger partial charge in [0.1, 0.15) is 16.8 Å². The van der Waals surface area contributed by atoms with Crippen LogP contribution in [0.4, 0.5) is 5.00 Å². The van der Waals surface area contributed by atoms with Crippen LogP contribution in [0.3, 0.4) is 0 Å². The normalized spacial score (nSPS) is 18.1. The van der Waals surface area contributed by atoms with E-state index < -0.39 is 0 Å². The quantitative estimate of drug-likeness (QED) is 0.419. The maximum absolute atomic E-state index is 5.76. The summed E-state index contributed by atoms with van der Waals surface area (Å²) in [6.07, 6.45) is 6.68. The second-order valence-corrected chi connectivity index (χ2v) is 9.05. The maximum Gasteiger partial charge on any atom is 0.195 e. The standard InChI is InChI=1S/C24H23N3OS2/c1-28-18-13-11-16(12-14-18)15-25-27-22(17-7-3-2-4-8-17)21-19-9-5-6-10-20(19)30-23(21)26-24(27)29/h2-4,7-8,11-15,22H,5-6,9-10H2,1H3,(H,26,29)/b25-15+. The minimum absolute atomic E-state index is 0.0115. The molecule has 1 N–H and O–H groups in total. The summed E-state index contributed by atoms with van der Waals surface area (Å²) >= 11 is 7.63. The molecule has 2 aliphatic rings. The Balaban J connectivity index is 1.57. The third-order valence-corrected chi connectivity index (χ3v) is 7.23. The van der Waals surface area contributed by atoms with Gasteiger partial charge in [-0.1, -0.05) is 30.3 Å². The Bertz CT molecular complexity index is 1090. The van der Waals surface area contributed by atoms with E-state index in [9.17, 15) is 0 Å². The summed E-state index contributed by atoms with van der Waals surface area (Å²) in [6, 6.07) is 18.4. The van der Waals surface area contributed by atoms with Crippen molar-refractivity contribution in [1.82, 2.24) is 5.01 Å². The van der Waals surface area contributed by atoms with E-state index in [1.807, 2.05) is 46.8 Å². The van der Waals surface area contributed by atoms with E-state index in [0.717, 1.165) is 24.2 Å². The van der Waals surface area contributed by atoms with E-state index in [1.54, 1.807) is 7.11 Å². The molecule has 6 heteroatoms. The number of thiophene rings is 1. The lowest BCUT2D eigenvalue weighted by Crippen LogP contribution is -2.39. The van der Waals surface area contributed by atoms with Crippen LogP contribution in [-0.2, 0) is 12.8 Å². The van der Waals surface area contributed by atoms with Crippen molar-refractivity contribution < 1.29 is 4.74 Å². The number of hydrogen-bond acceptors (Lipinski definition) is 4. The molecule has 152 valence electrons. The van der Waals surface area contributed by atoms with Crippen molar-refractivity contribution >= 4 is 39.9 Å². The van der Waals surface area contributed by atoms with Crippen LogP contribution in [0.1, 0.15) is 46.0 Å². The van der Waals surface area contributed by atoms with Gasteiger partial charge in [0.15, 0.2) is 5.11 Å².